The first-order valence-corrected chi connectivity index (χ1v) is 11.2. The van der Waals surface area contributed by atoms with Crippen molar-refractivity contribution in [3.8, 4) is 5.75 Å². The van der Waals surface area contributed by atoms with Gasteiger partial charge < -0.3 is 15.4 Å². The van der Waals surface area contributed by atoms with Crippen LogP contribution < -0.4 is 15.4 Å². The Morgan fingerprint density at radius 1 is 0.743 bits per heavy atom. The Morgan fingerprint density at radius 3 is 2.00 bits per heavy atom. The number of benzene rings is 3. The zero-order chi connectivity index (χ0) is 23.8. The summed E-state index contributed by atoms with van der Waals surface area (Å²) in [5.41, 5.74) is 5.78. The van der Waals surface area contributed by atoms with Crippen molar-refractivity contribution < 1.29 is 9.53 Å². The van der Waals surface area contributed by atoms with Crippen molar-refractivity contribution in [1.82, 2.24) is 19.9 Å². The molecule has 3 heterocycles. The molecule has 0 aliphatic heterocycles. The number of amides is 2. The number of rotatable bonds is 4. The van der Waals surface area contributed by atoms with E-state index >= 15 is 0 Å². The monoisotopic (exact) mass is 460 g/mol. The van der Waals surface area contributed by atoms with Crippen LogP contribution in [-0.2, 0) is 0 Å². The molecule has 0 bridgehead atoms. The number of pyridine rings is 2. The number of carbonyl (C=O) groups is 1. The average molecular weight is 460 g/mol. The van der Waals surface area contributed by atoms with Crippen molar-refractivity contribution in [3.63, 3.8) is 0 Å². The van der Waals surface area contributed by atoms with E-state index < -0.39 is 0 Å². The van der Waals surface area contributed by atoms with Gasteiger partial charge in [-0.3, -0.25) is 9.97 Å². The second-order valence-electron chi connectivity index (χ2n) is 7.96. The van der Waals surface area contributed by atoms with Crippen LogP contribution >= 0.6 is 0 Å². The van der Waals surface area contributed by atoms with Crippen LogP contribution in [0.4, 0.5) is 16.2 Å². The highest BCUT2D eigenvalue weighted by Crippen LogP contribution is 2.32. The molecule has 0 aliphatic rings. The van der Waals surface area contributed by atoms with Crippen LogP contribution in [0.25, 0.3) is 43.9 Å². The van der Waals surface area contributed by atoms with E-state index in [1.165, 1.54) is 0 Å². The van der Waals surface area contributed by atoms with Crippen LogP contribution in [0, 0.1) is 0 Å². The van der Waals surface area contributed by atoms with Crippen LogP contribution in [0.5, 0.6) is 5.75 Å². The predicted molar refractivity (Wildman–Crippen MR) is 138 cm³/mol. The highest BCUT2D eigenvalue weighted by molar-refractivity contribution is 6.21. The molecule has 0 fully saturated rings. The quantitative estimate of drug-likeness (QED) is 0.250. The van der Waals surface area contributed by atoms with E-state index in [9.17, 15) is 4.79 Å². The van der Waals surface area contributed by atoms with Gasteiger partial charge in [0.15, 0.2) is 0 Å². The van der Waals surface area contributed by atoms with Gasteiger partial charge in [-0.2, -0.15) is 0 Å². The Balaban J connectivity index is 1.36. The van der Waals surface area contributed by atoms with Gasteiger partial charge in [0.2, 0.25) is 0 Å². The zero-order valence-corrected chi connectivity index (χ0v) is 18.8. The number of nitrogens with zero attached hydrogens (tertiary/aromatic N) is 4. The number of hydrogen-bond donors (Lipinski definition) is 2. The zero-order valence-electron chi connectivity index (χ0n) is 18.8. The maximum absolute atomic E-state index is 12.6. The van der Waals surface area contributed by atoms with Gasteiger partial charge in [0, 0.05) is 34.5 Å². The van der Waals surface area contributed by atoms with Crippen molar-refractivity contribution in [2.45, 2.75) is 6.92 Å². The molecular formula is C27H20N6O2. The molecule has 35 heavy (non-hydrogen) atoms. The van der Waals surface area contributed by atoms with Crippen molar-refractivity contribution in [2.24, 2.45) is 0 Å². The van der Waals surface area contributed by atoms with Crippen LogP contribution in [0.3, 0.4) is 0 Å². The highest BCUT2D eigenvalue weighted by Gasteiger charge is 2.14. The number of urea groups is 1. The van der Waals surface area contributed by atoms with E-state index in [0.29, 0.717) is 23.5 Å². The summed E-state index contributed by atoms with van der Waals surface area (Å²) in [6, 6.07) is 20.1. The molecule has 0 saturated carbocycles. The lowest BCUT2D eigenvalue weighted by Gasteiger charge is -2.11. The van der Waals surface area contributed by atoms with E-state index in [4.69, 9.17) is 14.7 Å². The van der Waals surface area contributed by atoms with Gasteiger partial charge in [0.1, 0.15) is 5.75 Å². The number of nitrogens with one attached hydrogen (secondary N) is 2. The Hall–Kier alpha value is -4.85. The van der Waals surface area contributed by atoms with Crippen molar-refractivity contribution in [1.29, 1.82) is 0 Å². The maximum atomic E-state index is 12.6. The van der Waals surface area contributed by atoms with E-state index in [2.05, 4.69) is 20.6 Å². The van der Waals surface area contributed by atoms with Crippen molar-refractivity contribution >= 4 is 61.3 Å². The average Bonchev–Trinajstić information content (AvgIpc) is 2.89. The van der Waals surface area contributed by atoms with Gasteiger partial charge in [-0.15, -0.1) is 0 Å². The fourth-order valence-electron chi connectivity index (χ4n) is 4.17. The van der Waals surface area contributed by atoms with Crippen molar-refractivity contribution in [3.05, 3.63) is 79.1 Å². The number of carbonyl (C=O) groups excluding carboxylic acids is 1. The topological polar surface area (TPSA) is 102 Å². The Bertz CT molecular complexity index is 1730. The standard InChI is InChI=1S/C27H20N6O2/c1-2-35-18-10-7-16(8-11-18)30-27(34)31-17-9-12-21-22(15-17)33-26-20-6-4-14-29-24(20)23-19(25(26)32-21)5-3-13-28-23/h3-15H,2H2,1H3,(H2,30,31,34). The van der Waals surface area contributed by atoms with E-state index in [-0.39, 0.29) is 6.03 Å². The Kier molecular flexibility index (Phi) is 5.03. The SMILES string of the molecule is CCOc1ccc(NC(=O)Nc2ccc3nc4c5cccnc5c5ncccc5c4nc3c2)cc1. The summed E-state index contributed by atoms with van der Waals surface area (Å²) in [6.07, 6.45) is 3.51. The van der Waals surface area contributed by atoms with Crippen LogP contribution in [0.1, 0.15) is 6.92 Å². The van der Waals surface area contributed by atoms with E-state index in [1.807, 2.05) is 61.5 Å². The Labute approximate surface area is 200 Å². The molecule has 6 aromatic rings. The number of fused-ring (bicyclic) bond motifs is 7. The smallest absolute Gasteiger partial charge is 0.323 e. The molecule has 0 radical (unpaired) electrons. The fraction of sp³-hybridized carbons (Fsp3) is 0.0741. The minimum Gasteiger partial charge on any atom is -0.494 e. The molecule has 2 amide bonds. The molecule has 0 unspecified atom stereocenters. The second kappa shape index (κ2) is 8.49. The van der Waals surface area contributed by atoms with Gasteiger partial charge in [-0.1, -0.05) is 0 Å². The fourth-order valence-corrected chi connectivity index (χ4v) is 4.17. The molecule has 2 N–H and O–H groups in total. The number of anilines is 2. The Morgan fingerprint density at radius 2 is 1.34 bits per heavy atom. The van der Waals surface area contributed by atoms with Crippen LogP contribution in [0.15, 0.2) is 79.1 Å². The molecular weight excluding hydrogens is 440 g/mol. The lowest BCUT2D eigenvalue weighted by molar-refractivity contribution is 0.262. The lowest BCUT2D eigenvalue weighted by Crippen LogP contribution is -2.19. The summed E-state index contributed by atoms with van der Waals surface area (Å²) in [5.74, 6) is 0.755. The van der Waals surface area contributed by atoms with Crippen LogP contribution in [-0.4, -0.2) is 32.6 Å². The molecule has 6 rings (SSSR count). The molecule has 0 aliphatic carbocycles. The molecule has 3 aromatic heterocycles. The normalized spacial score (nSPS) is 11.2. The highest BCUT2D eigenvalue weighted by atomic mass is 16.5. The van der Waals surface area contributed by atoms with Crippen molar-refractivity contribution in [2.75, 3.05) is 17.2 Å². The van der Waals surface area contributed by atoms with Gasteiger partial charge in [-0.25, -0.2) is 14.8 Å². The molecule has 0 spiro atoms. The minimum absolute atomic E-state index is 0.353. The molecule has 170 valence electrons. The van der Waals surface area contributed by atoms with Gasteiger partial charge in [-0.05, 0) is 73.7 Å². The van der Waals surface area contributed by atoms with Gasteiger partial charge in [0.05, 0.1) is 39.7 Å². The largest absolute Gasteiger partial charge is 0.494 e. The third-order valence-electron chi connectivity index (χ3n) is 5.70. The second-order valence-corrected chi connectivity index (χ2v) is 7.96. The summed E-state index contributed by atoms with van der Waals surface area (Å²) in [6.45, 7) is 2.52. The minimum atomic E-state index is -0.353. The molecule has 8 heteroatoms. The summed E-state index contributed by atoms with van der Waals surface area (Å²) in [5, 5.41) is 7.48. The number of hydrogen-bond acceptors (Lipinski definition) is 6. The first kappa shape index (κ1) is 20.7. The predicted octanol–water partition coefficient (Wildman–Crippen LogP) is 5.92. The molecule has 0 atom stereocenters. The lowest BCUT2D eigenvalue weighted by atomic mass is 10.1. The third-order valence-corrected chi connectivity index (χ3v) is 5.70. The number of aromatic nitrogens is 4. The number of ether oxygens (including phenoxy) is 1. The van der Waals surface area contributed by atoms with Gasteiger partial charge in [0.25, 0.3) is 0 Å². The first-order chi connectivity index (χ1) is 17.2. The van der Waals surface area contributed by atoms with E-state index in [0.717, 1.165) is 44.1 Å². The van der Waals surface area contributed by atoms with E-state index in [1.54, 1.807) is 24.5 Å². The summed E-state index contributed by atoms with van der Waals surface area (Å²) < 4.78 is 5.43. The summed E-state index contributed by atoms with van der Waals surface area (Å²) in [7, 11) is 0. The summed E-state index contributed by atoms with van der Waals surface area (Å²) in [4.78, 5) is 31.5. The van der Waals surface area contributed by atoms with Gasteiger partial charge >= 0.3 is 6.03 Å². The van der Waals surface area contributed by atoms with Crippen LogP contribution in [0.2, 0.25) is 0 Å². The maximum Gasteiger partial charge on any atom is 0.323 e. The molecule has 0 saturated heterocycles. The molecule has 8 nitrogen and oxygen atoms in total. The third kappa shape index (κ3) is 3.80. The first-order valence-electron chi connectivity index (χ1n) is 11.2. The molecule has 3 aromatic carbocycles. The summed E-state index contributed by atoms with van der Waals surface area (Å²) >= 11 is 0.